The van der Waals surface area contributed by atoms with E-state index in [4.69, 9.17) is 14.2 Å². The average Bonchev–Trinajstić information content (AvgIpc) is 2.68. The van der Waals surface area contributed by atoms with Gasteiger partial charge in [-0.1, -0.05) is 12.1 Å². The van der Waals surface area contributed by atoms with E-state index in [1.54, 1.807) is 39.7 Å². The number of amides is 1. The molecule has 2 aromatic rings. The van der Waals surface area contributed by atoms with E-state index >= 15 is 0 Å². The van der Waals surface area contributed by atoms with Gasteiger partial charge >= 0.3 is 0 Å². The molecule has 0 fully saturated rings. The Balaban J connectivity index is 1.76. The van der Waals surface area contributed by atoms with Crippen molar-refractivity contribution in [2.45, 2.75) is 5.75 Å². The Morgan fingerprint density at radius 1 is 1.04 bits per heavy atom. The lowest BCUT2D eigenvalue weighted by Gasteiger charge is -2.07. The van der Waals surface area contributed by atoms with Crippen molar-refractivity contribution in [2.75, 3.05) is 27.1 Å². The van der Waals surface area contributed by atoms with Crippen LogP contribution in [-0.4, -0.2) is 39.2 Å². The van der Waals surface area contributed by atoms with Gasteiger partial charge in [-0.15, -0.1) is 11.8 Å². The van der Waals surface area contributed by atoms with E-state index in [-0.39, 0.29) is 5.91 Å². The van der Waals surface area contributed by atoms with Crippen LogP contribution in [0.4, 0.5) is 0 Å². The summed E-state index contributed by atoms with van der Waals surface area (Å²) in [6.07, 6.45) is 1.56. The molecule has 1 N–H and O–H groups in total. The number of thioether (sulfide) groups is 1. The number of nitrogens with zero attached hydrogens (tertiary/aromatic N) is 1. The van der Waals surface area contributed by atoms with Crippen molar-refractivity contribution < 1.29 is 19.0 Å². The summed E-state index contributed by atoms with van der Waals surface area (Å²) < 4.78 is 15.5. The predicted octanol–water partition coefficient (Wildman–Crippen LogP) is 3.10. The number of hydrogen-bond acceptors (Lipinski definition) is 6. The van der Waals surface area contributed by atoms with E-state index in [1.807, 2.05) is 30.3 Å². The molecule has 0 saturated carbocycles. The molecule has 1 amide bonds. The van der Waals surface area contributed by atoms with E-state index in [1.165, 1.54) is 11.8 Å². The van der Waals surface area contributed by atoms with Crippen LogP contribution in [0.5, 0.6) is 17.2 Å². The number of carbonyl (C=O) groups excluding carboxylic acids is 1. The monoisotopic (exact) mass is 374 g/mol. The third-order valence-electron chi connectivity index (χ3n) is 3.47. The quantitative estimate of drug-likeness (QED) is 0.540. The molecule has 2 rings (SSSR count). The number of hydrogen-bond donors (Lipinski definition) is 1. The van der Waals surface area contributed by atoms with Crippen LogP contribution in [0.2, 0.25) is 0 Å². The fourth-order valence-corrected chi connectivity index (χ4v) is 2.91. The predicted molar refractivity (Wildman–Crippen MR) is 104 cm³/mol. The van der Waals surface area contributed by atoms with Gasteiger partial charge < -0.3 is 14.2 Å². The molecule has 0 aliphatic heterocycles. The van der Waals surface area contributed by atoms with Gasteiger partial charge in [-0.2, -0.15) is 5.10 Å². The molecule has 0 aliphatic carbocycles. The lowest BCUT2D eigenvalue weighted by Crippen LogP contribution is -2.19. The topological polar surface area (TPSA) is 69.2 Å². The minimum absolute atomic E-state index is 0.153. The van der Waals surface area contributed by atoms with E-state index in [0.717, 1.165) is 22.6 Å². The third-order valence-corrected chi connectivity index (χ3v) is 4.48. The van der Waals surface area contributed by atoms with Crippen LogP contribution < -0.4 is 19.6 Å². The van der Waals surface area contributed by atoms with E-state index in [0.29, 0.717) is 17.3 Å². The molecule has 0 saturated heterocycles. The number of methoxy groups -OCH3 is 3. The SMILES string of the molecule is COc1ccc(CSCC(=O)N/N=C\c2ccc(OC)c(OC)c2)cc1. The molecule has 6 nitrogen and oxygen atoms in total. The normalized spacial score (nSPS) is 10.6. The van der Waals surface area contributed by atoms with Crippen LogP contribution in [0.1, 0.15) is 11.1 Å². The van der Waals surface area contributed by atoms with Crippen LogP contribution in [0.15, 0.2) is 47.6 Å². The summed E-state index contributed by atoms with van der Waals surface area (Å²) in [6, 6.07) is 13.2. The van der Waals surface area contributed by atoms with Crippen molar-refractivity contribution in [3.63, 3.8) is 0 Å². The van der Waals surface area contributed by atoms with Crippen molar-refractivity contribution in [1.82, 2.24) is 5.43 Å². The summed E-state index contributed by atoms with van der Waals surface area (Å²) in [6.45, 7) is 0. The lowest BCUT2D eigenvalue weighted by molar-refractivity contribution is -0.118. The fourth-order valence-electron chi connectivity index (χ4n) is 2.13. The summed E-state index contributed by atoms with van der Waals surface area (Å²) in [5, 5.41) is 3.97. The largest absolute Gasteiger partial charge is 0.497 e. The molecule has 0 aromatic heterocycles. The van der Waals surface area contributed by atoms with Gasteiger partial charge in [0.15, 0.2) is 11.5 Å². The van der Waals surface area contributed by atoms with Gasteiger partial charge in [0.1, 0.15) is 5.75 Å². The molecular formula is C19H22N2O4S. The second kappa shape index (κ2) is 10.4. The highest BCUT2D eigenvalue weighted by Crippen LogP contribution is 2.26. The first-order chi connectivity index (χ1) is 12.7. The molecule has 138 valence electrons. The van der Waals surface area contributed by atoms with Crippen molar-refractivity contribution in [3.05, 3.63) is 53.6 Å². The molecule has 0 bridgehead atoms. The Bertz CT molecular complexity index is 748. The van der Waals surface area contributed by atoms with Gasteiger partial charge in [0, 0.05) is 5.75 Å². The summed E-state index contributed by atoms with van der Waals surface area (Å²) in [5.41, 5.74) is 4.46. The summed E-state index contributed by atoms with van der Waals surface area (Å²) >= 11 is 1.52. The third kappa shape index (κ3) is 6.00. The maximum Gasteiger partial charge on any atom is 0.250 e. The number of rotatable bonds is 9. The Morgan fingerprint density at radius 2 is 1.77 bits per heavy atom. The van der Waals surface area contributed by atoms with Gasteiger partial charge in [0.25, 0.3) is 0 Å². The Morgan fingerprint density at radius 3 is 2.42 bits per heavy atom. The van der Waals surface area contributed by atoms with E-state index < -0.39 is 0 Å². The number of carbonyl (C=O) groups is 1. The molecule has 0 atom stereocenters. The zero-order valence-corrected chi connectivity index (χ0v) is 15.8. The lowest BCUT2D eigenvalue weighted by atomic mass is 10.2. The van der Waals surface area contributed by atoms with Gasteiger partial charge in [-0.05, 0) is 41.5 Å². The number of ether oxygens (including phenoxy) is 3. The van der Waals surface area contributed by atoms with Crippen LogP contribution >= 0.6 is 11.8 Å². The molecule has 0 aliphatic rings. The van der Waals surface area contributed by atoms with Gasteiger partial charge in [-0.3, -0.25) is 4.79 Å². The van der Waals surface area contributed by atoms with Gasteiger partial charge in [-0.25, -0.2) is 5.43 Å². The van der Waals surface area contributed by atoms with Crippen molar-refractivity contribution >= 4 is 23.9 Å². The number of nitrogens with one attached hydrogen (secondary N) is 1. The summed E-state index contributed by atoms with van der Waals surface area (Å²) in [7, 11) is 4.78. The standard InChI is InChI=1S/C19H22N2O4S/c1-23-16-7-4-14(5-8-16)12-26-13-19(22)21-20-11-15-6-9-17(24-2)18(10-15)25-3/h4-11H,12-13H2,1-3H3,(H,21,22)/b20-11-. The van der Waals surface area contributed by atoms with Crippen LogP contribution in [-0.2, 0) is 10.5 Å². The molecular weight excluding hydrogens is 352 g/mol. The first-order valence-corrected chi connectivity index (χ1v) is 9.06. The van der Waals surface area contributed by atoms with E-state index in [9.17, 15) is 4.79 Å². The maximum absolute atomic E-state index is 11.8. The smallest absolute Gasteiger partial charge is 0.250 e. The molecule has 0 unspecified atom stereocenters. The molecule has 7 heteroatoms. The van der Waals surface area contributed by atoms with E-state index in [2.05, 4.69) is 10.5 Å². The first-order valence-electron chi connectivity index (χ1n) is 7.91. The van der Waals surface area contributed by atoms with Crippen molar-refractivity contribution in [1.29, 1.82) is 0 Å². The second-order valence-corrected chi connectivity index (χ2v) is 6.23. The van der Waals surface area contributed by atoms with Gasteiger partial charge in [0.2, 0.25) is 5.91 Å². The Kier molecular flexibility index (Phi) is 7.82. The molecule has 26 heavy (non-hydrogen) atoms. The zero-order chi connectivity index (χ0) is 18.8. The molecule has 0 spiro atoms. The number of benzene rings is 2. The molecule has 0 heterocycles. The highest BCUT2D eigenvalue weighted by molar-refractivity contribution is 7.99. The molecule has 2 aromatic carbocycles. The Labute approximate surface area is 157 Å². The number of hydrazone groups is 1. The minimum atomic E-state index is -0.153. The van der Waals surface area contributed by atoms with Crippen LogP contribution in [0, 0.1) is 0 Å². The van der Waals surface area contributed by atoms with Gasteiger partial charge in [0.05, 0.1) is 33.3 Å². The minimum Gasteiger partial charge on any atom is -0.497 e. The van der Waals surface area contributed by atoms with Crippen LogP contribution in [0.3, 0.4) is 0 Å². The van der Waals surface area contributed by atoms with Crippen LogP contribution in [0.25, 0.3) is 0 Å². The van der Waals surface area contributed by atoms with Crippen molar-refractivity contribution in [3.8, 4) is 17.2 Å². The second-order valence-electron chi connectivity index (χ2n) is 5.25. The van der Waals surface area contributed by atoms with Crippen molar-refractivity contribution in [2.24, 2.45) is 5.10 Å². The fraction of sp³-hybridized carbons (Fsp3) is 0.263. The molecule has 0 radical (unpaired) electrons. The highest BCUT2D eigenvalue weighted by Gasteiger charge is 2.04. The average molecular weight is 374 g/mol. The zero-order valence-electron chi connectivity index (χ0n) is 15.0. The summed E-state index contributed by atoms with van der Waals surface area (Å²) in [5.74, 6) is 2.99. The highest BCUT2D eigenvalue weighted by atomic mass is 32.2. The summed E-state index contributed by atoms with van der Waals surface area (Å²) in [4.78, 5) is 11.8. The Hall–Kier alpha value is -2.67. The first kappa shape index (κ1) is 19.7. The maximum atomic E-state index is 11.8.